The number of carbonyl (C=O) groups is 1. The van der Waals surface area contributed by atoms with Gasteiger partial charge < -0.3 is 28.4 Å². The van der Waals surface area contributed by atoms with Crippen LogP contribution in [0.15, 0.2) is 18.2 Å². The Hall–Kier alpha value is -2.83. The molecule has 2 aromatic rings. The number of hydrogen-bond acceptors (Lipinski definition) is 7. The van der Waals surface area contributed by atoms with Crippen LogP contribution in [0.2, 0.25) is 0 Å². The molecule has 0 heterocycles. The van der Waals surface area contributed by atoms with E-state index in [1.54, 1.807) is 19.2 Å². The van der Waals surface area contributed by atoms with Gasteiger partial charge in [0.1, 0.15) is 17.2 Å². The van der Waals surface area contributed by atoms with Gasteiger partial charge >= 0.3 is 6.16 Å². The minimum absolute atomic E-state index is 0.148. The Labute approximate surface area is 133 Å². The maximum Gasteiger partial charge on any atom is 0.513 e. The molecular weight excluding hydrogens is 304 g/mol. The van der Waals surface area contributed by atoms with E-state index in [1.807, 2.05) is 0 Å². The first-order valence-corrected chi connectivity index (χ1v) is 6.66. The van der Waals surface area contributed by atoms with Gasteiger partial charge in [0, 0.05) is 6.07 Å². The molecule has 0 saturated carbocycles. The smallest absolute Gasteiger partial charge is 0.496 e. The molecule has 0 bridgehead atoms. The van der Waals surface area contributed by atoms with Gasteiger partial charge in [-0.15, -0.1) is 0 Å². The molecular formula is C16H18O7. The third kappa shape index (κ3) is 2.90. The van der Waals surface area contributed by atoms with Gasteiger partial charge in [-0.2, -0.15) is 0 Å². The van der Waals surface area contributed by atoms with E-state index >= 15 is 0 Å². The first kappa shape index (κ1) is 16.5. The lowest BCUT2D eigenvalue weighted by atomic mass is 10.1. The summed E-state index contributed by atoms with van der Waals surface area (Å²) in [6, 6.07) is 5.01. The molecule has 0 aromatic heterocycles. The van der Waals surface area contributed by atoms with Crippen LogP contribution in [-0.2, 0) is 4.74 Å². The maximum atomic E-state index is 11.5. The van der Waals surface area contributed by atoms with Crippen LogP contribution in [0.4, 0.5) is 4.79 Å². The molecule has 7 heteroatoms. The summed E-state index contributed by atoms with van der Waals surface area (Å²) in [4.78, 5) is 11.5. The standard InChI is InChI=1S/C16H18O7/c1-18-9-6-7-10(19-2)14-13(9)11(20-3)8-12(15(14)21-4)23-16(17)22-5/h6-8H,1-5H3. The summed E-state index contributed by atoms with van der Waals surface area (Å²) in [6.07, 6.45) is -0.869. The van der Waals surface area contributed by atoms with Crippen molar-refractivity contribution in [3.05, 3.63) is 18.2 Å². The van der Waals surface area contributed by atoms with E-state index in [-0.39, 0.29) is 5.75 Å². The summed E-state index contributed by atoms with van der Waals surface area (Å²) in [5, 5.41) is 1.20. The van der Waals surface area contributed by atoms with Crippen molar-refractivity contribution in [1.82, 2.24) is 0 Å². The number of carbonyl (C=O) groups excluding carboxylic acids is 1. The zero-order valence-electron chi connectivity index (χ0n) is 13.6. The van der Waals surface area contributed by atoms with Crippen LogP contribution in [0.25, 0.3) is 10.8 Å². The van der Waals surface area contributed by atoms with Crippen LogP contribution < -0.4 is 23.7 Å². The van der Waals surface area contributed by atoms with Crippen molar-refractivity contribution in [3.63, 3.8) is 0 Å². The molecule has 2 aromatic carbocycles. The topological polar surface area (TPSA) is 72.5 Å². The van der Waals surface area contributed by atoms with Crippen molar-refractivity contribution in [3.8, 4) is 28.7 Å². The molecule has 2 rings (SSSR count). The zero-order valence-corrected chi connectivity index (χ0v) is 13.6. The molecule has 0 radical (unpaired) electrons. The summed E-state index contributed by atoms with van der Waals surface area (Å²) < 4.78 is 31.3. The second-order valence-corrected chi connectivity index (χ2v) is 4.39. The number of benzene rings is 2. The molecule has 0 atom stereocenters. The minimum Gasteiger partial charge on any atom is -0.496 e. The van der Waals surface area contributed by atoms with Crippen molar-refractivity contribution in [1.29, 1.82) is 0 Å². The van der Waals surface area contributed by atoms with Crippen LogP contribution in [-0.4, -0.2) is 41.7 Å². The molecule has 23 heavy (non-hydrogen) atoms. The van der Waals surface area contributed by atoms with Gasteiger partial charge in [0.2, 0.25) is 0 Å². The number of ether oxygens (including phenoxy) is 6. The Morgan fingerprint density at radius 1 is 0.739 bits per heavy atom. The van der Waals surface area contributed by atoms with Crippen LogP contribution in [0, 0.1) is 0 Å². The third-order valence-electron chi connectivity index (χ3n) is 3.31. The molecule has 0 N–H and O–H groups in total. The summed E-state index contributed by atoms with van der Waals surface area (Å²) in [7, 11) is 7.26. The average molecular weight is 322 g/mol. The fourth-order valence-corrected chi connectivity index (χ4v) is 2.33. The molecule has 0 fully saturated rings. The van der Waals surface area contributed by atoms with Crippen molar-refractivity contribution in [2.24, 2.45) is 0 Å². The lowest BCUT2D eigenvalue weighted by molar-refractivity contribution is 0.120. The van der Waals surface area contributed by atoms with Gasteiger partial charge in [0.15, 0.2) is 11.5 Å². The predicted octanol–water partition coefficient (Wildman–Crippen LogP) is 3.02. The lowest BCUT2D eigenvalue weighted by Gasteiger charge is -2.18. The molecule has 0 aliphatic heterocycles. The molecule has 7 nitrogen and oxygen atoms in total. The highest BCUT2D eigenvalue weighted by molar-refractivity contribution is 6.04. The largest absolute Gasteiger partial charge is 0.513 e. The average Bonchev–Trinajstić information content (AvgIpc) is 2.59. The maximum absolute atomic E-state index is 11.5. The van der Waals surface area contributed by atoms with Crippen molar-refractivity contribution in [2.75, 3.05) is 35.5 Å². The van der Waals surface area contributed by atoms with Gasteiger partial charge in [-0.1, -0.05) is 0 Å². The van der Waals surface area contributed by atoms with Crippen LogP contribution in [0.5, 0.6) is 28.7 Å². The summed E-state index contributed by atoms with van der Waals surface area (Å²) in [6.45, 7) is 0. The Kier molecular flexibility index (Phi) is 5.00. The normalized spacial score (nSPS) is 10.1. The van der Waals surface area contributed by atoms with E-state index in [4.69, 9.17) is 23.7 Å². The van der Waals surface area contributed by atoms with E-state index in [0.29, 0.717) is 33.8 Å². The Bertz CT molecular complexity index is 724. The second kappa shape index (κ2) is 6.95. The molecule has 0 spiro atoms. The Morgan fingerprint density at radius 3 is 1.78 bits per heavy atom. The highest BCUT2D eigenvalue weighted by atomic mass is 16.7. The number of fused-ring (bicyclic) bond motifs is 1. The highest BCUT2D eigenvalue weighted by Gasteiger charge is 2.23. The van der Waals surface area contributed by atoms with Crippen LogP contribution in [0.3, 0.4) is 0 Å². The third-order valence-corrected chi connectivity index (χ3v) is 3.31. The lowest BCUT2D eigenvalue weighted by Crippen LogP contribution is -2.09. The summed E-state index contributed by atoms with van der Waals surface area (Å²) in [5.41, 5.74) is 0. The van der Waals surface area contributed by atoms with Gasteiger partial charge in [0.25, 0.3) is 0 Å². The predicted molar refractivity (Wildman–Crippen MR) is 83.2 cm³/mol. The van der Waals surface area contributed by atoms with Crippen LogP contribution >= 0.6 is 0 Å². The first-order valence-electron chi connectivity index (χ1n) is 6.66. The summed E-state index contributed by atoms with van der Waals surface area (Å²) >= 11 is 0. The van der Waals surface area contributed by atoms with Crippen LogP contribution in [0.1, 0.15) is 0 Å². The monoisotopic (exact) mass is 322 g/mol. The molecule has 0 amide bonds. The van der Waals surface area contributed by atoms with Gasteiger partial charge in [-0.25, -0.2) is 4.79 Å². The minimum atomic E-state index is -0.869. The van der Waals surface area contributed by atoms with E-state index in [1.165, 1.54) is 34.5 Å². The Balaban J connectivity index is 2.88. The highest BCUT2D eigenvalue weighted by Crippen LogP contribution is 2.49. The van der Waals surface area contributed by atoms with E-state index in [9.17, 15) is 4.79 Å². The molecule has 0 aliphatic carbocycles. The SMILES string of the molecule is COC(=O)Oc1cc(OC)c2c(OC)ccc(OC)c2c1OC. The first-order chi connectivity index (χ1) is 11.1. The van der Waals surface area contributed by atoms with E-state index in [2.05, 4.69) is 4.74 Å². The second-order valence-electron chi connectivity index (χ2n) is 4.39. The van der Waals surface area contributed by atoms with E-state index in [0.717, 1.165) is 0 Å². The molecule has 0 unspecified atom stereocenters. The molecule has 0 aliphatic rings. The molecule has 124 valence electrons. The van der Waals surface area contributed by atoms with Crippen molar-refractivity contribution >= 4 is 16.9 Å². The van der Waals surface area contributed by atoms with Gasteiger partial charge in [-0.05, 0) is 12.1 Å². The van der Waals surface area contributed by atoms with Crippen molar-refractivity contribution in [2.45, 2.75) is 0 Å². The number of hydrogen-bond donors (Lipinski definition) is 0. The van der Waals surface area contributed by atoms with Crippen molar-refractivity contribution < 1.29 is 33.2 Å². The molecule has 0 saturated heterocycles. The van der Waals surface area contributed by atoms with Gasteiger partial charge in [0.05, 0.1) is 46.3 Å². The summed E-state index contributed by atoms with van der Waals surface area (Å²) in [5.74, 6) is 1.99. The fraction of sp³-hybridized carbons (Fsp3) is 0.312. The Morgan fingerprint density at radius 2 is 1.30 bits per heavy atom. The fourth-order valence-electron chi connectivity index (χ4n) is 2.33. The van der Waals surface area contributed by atoms with Gasteiger partial charge in [-0.3, -0.25) is 0 Å². The number of methoxy groups -OCH3 is 5. The number of rotatable bonds is 5. The van der Waals surface area contributed by atoms with E-state index < -0.39 is 6.16 Å². The quantitative estimate of drug-likeness (QED) is 0.619. The zero-order chi connectivity index (χ0) is 17.0.